The van der Waals surface area contributed by atoms with Gasteiger partial charge in [-0.2, -0.15) is 0 Å². The van der Waals surface area contributed by atoms with E-state index in [4.69, 9.17) is 9.47 Å². The van der Waals surface area contributed by atoms with E-state index in [0.717, 1.165) is 21.1 Å². The van der Waals surface area contributed by atoms with Crippen LogP contribution in [0.15, 0.2) is 42.5 Å². The Balaban J connectivity index is 1.82. The summed E-state index contributed by atoms with van der Waals surface area (Å²) in [6.45, 7) is 4.20. The average molecular weight is 447 g/mol. The van der Waals surface area contributed by atoms with E-state index in [1.807, 2.05) is 30.3 Å². The van der Waals surface area contributed by atoms with Gasteiger partial charge in [0.05, 0.1) is 12.7 Å². The Morgan fingerprint density at radius 1 is 1.15 bits per heavy atom. The fourth-order valence-corrected chi connectivity index (χ4v) is 3.70. The maximum atomic E-state index is 11.8. The van der Waals surface area contributed by atoms with Crippen LogP contribution in [0.3, 0.4) is 0 Å². The number of benzene rings is 2. The summed E-state index contributed by atoms with van der Waals surface area (Å²) in [6, 6.07) is 12.9. The molecule has 5 nitrogen and oxygen atoms in total. The highest BCUT2D eigenvalue weighted by Crippen LogP contribution is 2.32. The van der Waals surface area contributed by atoms with Crippen LogP contribution < -0.4 is 4.74 Å². The van der Waals surface area contributed by atoms with E-state index < -0.39 is 5.97 Å². The van der Waals surface area contributed by atoms with Gasteiger partial charge in [-0.1, -0.05) is 47.2 Å². The molecule has 1 heterocycles. The molecule has 3 rings (SSSR count). The van der Waals surface area contributed by atoms with Crippen LogP contribution in [0.1, 0.15) is 40.7 Å². The van der Waals surface area contributed by atoms with E-state index in [0.29, 0.717) is 28.3 Å². The zero-order valence-corrected chi connectivity index (χ0v) is 17.6. The fraction of sp³-hybridized carbons (Fsp3) is 0.250. The van der Waals surface area contributed by atoms with E-state index in [9.17, 15) is 4.79 Å². The van der Waals surface area contributed by atoms with Gasteiger partial charge < -0.3 is 9.47 Å². The lowest BCUT2D eigenvalue weighted by Gasteiger charge is -2.11. The lowest BCUT2D eigenvalue weighted by Crippen LogP contribution is -2.02. The SMILES string of the molecule is COC(=O)c1ccc(CBr)c(Oc2ccc(-c3nnc(C(C)C)s3)cc2)c1. The third-order valence-corrected chi connectivity index (χ3v) is 5.77. The summed E-state index contributed by atoms with van der Waals surface area (Å²) in [5.41, 5.74) is 2.39. The minimum atomic E-state index is -0.395. The van der Waals surface area contributed by atoms with Gasteiger partial charge in [-0.15, -0.1) is 10.2 Å². The number of halogens is 1. The molecule has 27 heavy (non-hydrogen) atoms. The van der Waals surface area contributed by atoms with Gasteiger partial charge in [0.2, 0.25) is 0 Å². The number of carbonyl (C=O) groups excluding carboxylic acids is 1. The van der Waals surface area contributed by atoms with Crippen molar-refractivity contribution in [3.63, 3.8) is 0 Å². The first-order valence-electron chi connectivity index (χ1n) is 8.40. The quantitative estimate of drug-likeness (QED) is 0.353. The molecule has 0 radical (unpaired) electrons. The van der Waals surface area contributed by atoms with Crippen molar-refractivity contribution < 1.29 is 14.3 Å². The number of hydrogen-bond donors (Lipinski definition) is 0. The molecule has 7 heteroatoms. The summed E-state index contributed by atoms with van der Waals surface area (Å²) in [6.07, 6.45) is 0. The number of aromatic nitrogens is 2. The van der Waals surface area contributed by atoms with Crippen LogP contribution in [0.4, 0.5) is 0 Å². The largest absolute Gasteiger partial charge is 0.465 e. The van der Waals surface area contributed by atoms with Gasteiger partial charge >= 0.3 is 5.97 Å². The Kier molecular flexibility index (Phi) is 6.23. The van der Waals surface area contributed by atoms with Gasteiger partial charge in [-0.05, 0) is 36.4 Å². The van der Waals surface area contributed by atoms with Crippen LogP contribution in [-0.4, -0.2) is 23.3 Å². The van der Waals surface area contributed by atoms with Gasteiger partial charge in [0, 0.05) is 22.4 Å². The number of esters is 1. The molecule has 1 aromatic heterocycles. The van der Waals surface area contributed by atoms with Gasteiger partial charge in [0.25, 0.3) is 0 Å². The first kappa shape index (κ1) is 19.5. The molecular formula is C20H19BrN2O3S. The van der Waals surface area contributed by atoms with Crippen molar-refractivity contribution in [3.05, 3.63) is 58.6 Å². The summed E-state index contributed by atoms with van der Waals surface area (Å²) in [7, 11) is 1.36. The van der Waals surface area contributed by atoms with Crippen molar-refractivity contribution in [2.75, 3.05) is 7.11 Å². The van der Waals surface area contributed by atoms with E-state index in [-0.39, 0.29) is 0 Å². The fourth-order valence-electron chi connectivity index (χ4n) is 2.38. The topological polar surface area (TPSA) is 61.3 Å². The number of alkyl halides is 1. The second-order valence-electron chi connectivity index (χ2n) is 6.17. The van der Waals surface area contributed by atoms with Crippen molar-refractivity contribution in [1.82, 2.24) is 10.2 Å². The van der Waals surface area contributed by atoms with Crippen LogP contribution in [0, 0.1) is 0 Å². The van der Waals surface area contributed by atoms with Gasteiger partial charge in [0.15, 0.2) is 0 Å². The lowest BCUT2D eigenvalue weighted by molar-refractivity contribution is 0.0600. The van der Waals surface area contributed by atoms with Crippen molar-refractivity contribution in [1.29, 1.82) is 0 Å². The van der Waals surface area contributed by atoms with Crippen molar-refractivity contribution >= 4 is 33.2 Å². The highest BCUT2D eigenvalue weighted by atomic mass is 79.9. The molecule has 3 aromatic rings. The van der Waals surface area contributed by atoms with Crippen molar-refractivity contribution in [2.45, 2.75) is 25.1 Å². The summed E-state index contributed by atoms with van der Waals surface area (Å²) in [5.74, 6) is 1.26. The first-order chi connectivity index (χ1) is 13.0. The standard InChI is InChI=1S/C20H19BrN2O3S/c1-12(2)18-22-23-19(27-18)13-6-8-16(9-7-13)26-17-10-14(20(24)25-3)4-5-15(17)11-21/h4-10,12H,11H2,1-3H3. The minimum absolute atomic E-state index is 0.364. The Hall–Kier alpha value is -2.25. The molecule has 0 fully saturated rings. The third kappa shape index (κ3) is 4.54. The third-order valence-electron chi connectivity index (χ3n) is 3.90. The molecule has 2 aromatic carbocycles. The summed E-state index contributed by atoms with van der Waals surface area (Å²) >= 11 is 5.04. The molecular weight excluding hydrogens is 428 g/mol. The molecule has 140 valence electrons. The lowest BCUT2D eigenvalue weighted by atomic mass is 10.1. The average Bonchev–Trinajstić information content (AvgIpc) is 3.18. The Labute approximate surface area is 170 Å². The van der Waals surface area contributed by atoms with Crippen LogP contribution >= 0.6 is 27.3 Å². The minimum Gasteiger partial charge on any atom is -0.465 e. The molecule has 0 bridgehead atoms. The number of ether oxygens (including phenoxy) is 2. The smallest absolute Gasteiger partial charge is 0.337 e. The molecule has 0 amide bonds. The van der Waals surface area contributed by atoms with Crippen LogP contribution in [0.25, 0.3) is 10.6 Å². The monoisotopic (exact) mass is 446 g/mol. The first-order valence-corrected chi connectivity index (χ1v) is 10.3. The molecule has 0 atom stereocenters. The molecule has 0 unspecified atom stereocenters. The van der Waals surface area contributed by atoms with E-state index in [1.54, 1.807) is 23.5 Å². The molecule has 0 N–H and O–H groups in total. The number of methoxy groups -OCH3 is 1. The molecule has 0 saturated heterocycles. The van der Waals surface area contributed by atoms with E-state index in [1.165, 1.54) is 7.11 Å². The van der Waals surface area contributed by atoms with Gasteiger partial charge in [-0.3, -0.25) is 0 Å². The summed E-state index contributed by atoms with van der Waals surface area (Å²) in [5, 5.41) is 11.0. The number of rotatable bonds is 6. The zero-order chi connectivity index (χ0) is 19.4. The number of hydrogen-bond acceptors (Lipinski definition) is 6. The maximum absolute atomic E-state index is 11.8. The number of carbonyl (C=O) groups is 1. The summed E-state index contributed by atoms with van der Waals surface area (Å²) in [4.78, 5) is 11.8. The molecule has 0 aliphatic rings. The Morgan fingerprint density at radius 2 is 1.89 bits per heavy atom. The molecule has 0 aliphatic carbocycles. The van der Waals surface area contributed by atoms with Gasteiger partial charge in [0.1, 0.15) is 21.5 Å². The normalized spacial score (nSPS) is 10.9. The molecule has 0 spiro atoms. The predicted octanol–water partition coefficient (Wildman–Crippen LogP) is 5.80. The molecule has 0 saturated carbocycles. The van der Waals surface area contributed by atoms with Gasteiger partial charge in [-0.25, -0.2) is 4.79 Å². The van der Waals surface area contributed by atoms with Crippen molar-refractivity contribution in [3.8, 4) is 22.1 Å². The zero-order valence-electron chi connectivity index (χ0n) is 15.2. The Morgan fingerprint density at radius 3 is 2.48 bits per heavy atom. The van der Waals surface area contributed by atoms with Crippen molar-refractivity contribution in [2.24, 2.45) is 0 Å². The number of nitrogens with zero attached hydrogens (tertiary/aromatic N) is 2. The van der Waals surface area contributed by atoms with Crippen LogP contribution in [-0.2, 0) is 10.1 Å². The van der Waals surface area contributed by atoms with Crippen LogP contribution in [0.5, 0.6) is 11.5 Å². The highest BCUT2D eigenvalue weighted by Gasteiger charge is 2.12. The van der Waals surface area contributed by atoms with Crippen LogP contribution in [0.2, 0.25) is 0 Å². The maximum Gasteiger partial charge on any atom is 0.337 e. The highest BCUT2D eigenvalue weighted by molar-refractivity contribution is 9.08. The predicted molar refractivity (Wildman–Crippen MR) is 110 cm³/mol. The Bertz CT molecular complexity index is 939. The summed E-state index contributed by atoms with van der Waals surface area (Å²) < 4.78 is 10.8. The van der Waals surface area contributed by atoms with E-state index >= 15 is 0 Å². The van der Waals surface area contributed by atoms with E-state index in [2.05, 4.69) is 40.0 Å². The molecule has 0 aliphatic heterocycles. The second kappa shape index (κ2) is 8.63. The second-order valence-corrected chi connectivity index (χ2v) is 7.74.